The predicted octanol–water partition coefficient (Wildman–Crippen LogP) is 4.39. The van der Waals surface area contributed by atoms with Crippen molar-refractivity contribution in [3.8, 4) is 5.75 Å². The molecule has 13 heteroatoms. The number of anilines is 1. The van der Waals surface area contributed by atoms with Crippen LogP contribution in [0, 0.1) is 10.1 Å². The van der Waals surface area contributed by atoms with Crippen molar-refractivity contribution in [1.29, 1.82) is 0 Å². The first-order valence-electron chi connectivity index (χ1n) is 9.94. The number of aromatic nitrogens is 2. The number of benzene rings is 3. The maximum absolute atomic E-state index is 12.5. The molecule has 0 unspecified atom stereocenters. The summed E-state index contributed by atoms with van der Waals surface area (Å²) in [6.07, 6.45) is 1.38. The molecule has 0 saturated carbocycles. The number of fused-ring (bicyclic) bond motifs is 1. The molecule has 1 aromatic heterocycles. The molecule has 0 atom stereocenters. The first-order valence-corrected chi connectivity index (χ1v) is 12.2. The molecule has 0 bridgehead atoms. The lowest BCUT2D eigenvalue weighted by atomic mass is 10.1. The Labute approximate surface area is 207 Å². The molecule has 0 saturated heterocycles. The van der Waals surface area contributed by atoms with Crippen LogP contribution < -0.4 is 14.8 Å². The third-order valence-electron chi connectivity index (χ3n) is 4.73. The van der Waals surface area contributed by atoms with Crippen molar-refractivity contribution in [1.82, 2.24) is 14.7 Å². The number of sulfonamides is 1. The molecule has 0 fully saturated rings. The number of hydrogen-bond donors (Lipinski definition) is 2. The Bertz CT molecular complexity index is 1540. The Hall–Kier alpha value is -4.10. The SMILES string of the molecule is O=C(Nc1ncc(Br)c(COc2cccc3ccccc23)n1)NS(=O)(=O)c1ccccc1[N+](=O)[O-]. The van der Waals surface area contributed by atoms with E-state index >= 15 is 0 Å². The number of nitro groups is 1. The van der Waals surface area contributed by atoms with E-state index < -0.39 is 31.6 Å². The average Bonchev–Trinajstić information content (AvgIpc) is 2.84. The van der Waals surface area contributed by atoms with E-state index in [1.807, 2.05) is 42.5 Å². The third-order valence-corrected chi connectivity index (χ3v) is 6.78. The van der Waals surface area contributed by atoms with E-state index in [9.17, 15) is 23.3 Å². The third kappa shape index (κ3) is 5.53. The molecular formula is C22H16BrN5O6S. The zero-order valence-electron chi connectivity index (χ0n) is 17.7. The monoisotopic (exact) mass is 557 g/mol. The molecule has 0 aliphatic carbocycles. The maximum Gasteiger partial charge on any atom is 0.335 e. The van der Waals surface area contributed by atoms with Crippen LogP contribution in [0.1, 0.15) is 5.69 Å². The van der Waals surface area contributed by atoms with Crippen LogP contribution in [0.25, 0.3) is 10.8 Å². The minimum atomic E-state index is -4.53. The van der Waals surface area contributed by atoms with Crippen molar-refractivity contribution in [2.45, 2.75) is 11.5 Å². The van der Waals surface area contributed by atoms with E-state index in [1.54, 1.807) is 4.72 Å². The van der Waals surface area contributed by atoms with Crippen LogP contribution in [0.15, 0.2) is 82.3 Å². The smallest absolute Gasteiger partial charge is 0.335 e. The van der Waals surface area contributed by atoms with E-state index in [0.29, 0.717) is 15.9 Å². The lowest BCUT2D eigenvalue weighted by Gasteiger charge is -2.11. The second kappa shape index (κ2) is 10.0. The van der Waals surface area contributed by atoms with Crippen molar-refractivity contribution in [3.63, 3.8) is 0 Å². The number of nitrogens with one attached hydrogen (secondary N) is 2. The van der Waals surface area contributed by atoms with Crippen molar-refractivity contribution >= 4 is 54.4 Å². The molecule has 4 aromatic rings. The molecule has 3 aromatic carbocycles. The highest BCUT2D eigenvalue weighted by atomic mass is 79.9. The van der Waals surface area contributed by atoms with Crippen molar-refractivity contribution in [3.05, 3.63) is 93.2 Å². The van der Waals surface area contributed by atoms with Crippen molar-refractivity contribution in [2.75, 3.05) is 5.32 Å². The van der Waals surface area contributed by atoms with Crippen LogP contribution in [0.2, 0.25) is 0 Å². The van der Waals surface area contributed by atoms with E-state index in [-0.39, 0.29) is 12.6 Å². The Balaban J connectivity index is 1.48. The molecule has 4 rings (SSSR count). The zero-order chi connectivity index (χ0) is 25.0. The van der Waals surface area contributed by atoms with Crippen LogP contribution in [-0.2, 0) is 16.6 Å². The largest absolute Gasteiger partial charge is 0.487 e. The summed E-state index contributed by atoms with van der Waals surface area (Å²) in [5, 5.41) is 15.3. The van der Waals surface area contributed by atoms with E-state index in [0.717, 1.165) is 22.9 Å². The normalized spacial score (nSPS) is 11.1. The van der Waals surface area contributed by atoms with Crippen LogP contribution in [-0.4, -0.2) is 29.3 Å². The number of rotatable bonds is 7. The first kappa shape index (κ1) is 24.0. The van der Waals surface area contributed by atoms with E-state index in [2.05, 4.69) is 31.2 Å². The topological polar surface area (TPSA) is 153 Å². The van der Waals surface area contributed by atoms with Gasteiger partial charge in [-0.1, -0.05) is 48.5 Å². The predicted molar refractivity (Wildman–Crippen MR) is 130 cm³/mol. The van der Waals surface area contributed by atoms with Gasteiger partial charge in [-0.2, -0.15) is 0 Å². The number of nitro benzene ring substituents is 1. The van der Waals surface area contributed by atoms with Gasteiger partial charge in [0.2, 0.25) is 5.95 Å². The van der Waals surface area contributed by atoms with Gasteiger partial charge in [0.05, 0.1) is 15.1 Å². The number of hydrogen-bond acceptors (Lipinski definition) is 8. The van der Waals surface area contributed by atoms with Gasteiger partial charge >= 0.3 is 6.03 Å². The van der Waals surface area contributed by atoms with Gasteiger partial charge in [0, 0.05) is 17.6 Å². The number of halogens is 1. The highest BCUT2D eigenvalue weighted by Crippen LogP contribution is 2.27. The Kier molecular flexibility index (Phi) is 6.89. The quantitative estimate of drug-likeness (QED) is 0.250. The minimum Gasteiger partial charge on any atom is -0.487 e. The van der Waals surface area contributed by atoms with Crippen LogP contribution in [0.5, 0.6) is 5.75 Å². The highest BCUT2D eigenvalue weighted by Gasteiger charge is 2.27. The number of nitrogens with zero attached hydrogens (tertiary/aromatic N) is 3. The van der Waals surface area contributed by atoms with Gasteiger partial charge < -0.3 is 4.74 Å². The number of ether oxygens (including phenoxy) is 1. The average molecular weight is 558 g/mol. The molecule has 0 aliphatic rings. The summed E-state index contributed by atoms with van der Waals surface area (Å²) in [4.78, 5) is 30.1. The van der Waals surface area contributed by atoms with E-state index in [1.165, 1.54) is 18.3 Å². The lowest BCUT2D eigenvalue weighted by Crippen LogP contribution is -2.35. The lowest BCUT2D eigenvalue weighted by molar-refractivity contribution is -0.387. The molecule has 35 heavy (non-hydrogen) atoms. The molecule has 0 spiro atoms. The number of carbonyl (C=O) groups excluding carboxylic acids is 1. The van der Waals surface area contributed by atoms with Gasteiger partial charge in [0.1, 0.15) is 12.4 Å². The second-order valence-corrected chi connectivity index (χ2v) is 9.54. The molecule has 178 valence electrons. The summed E-state index contributed by atoms with van der Waals surface area (Å²) >= 11 is 3.33. The molecular weight excluding hydrogens is 542 g/mol. The van der Waals surface area contributed by atoms with Gasteiger partial charge in [0.25, 0.3) is 15.7 Å². The van der Waals surface area contributed by atoms with Crippen LogP contribution in [0.4, 0.5) is 16.4 Å². The number of urea groups is 1. The van der Waals surface area contributed by atoms with Crippen molar-refractivity contribution < 1.29 is 22.9 Å². The Morgan fingerprint density at radius 2 is 1.77 bits per heavy atom. The van der Waals surface area contributed by atoms with Gasteiger partial charge in [-0.25, -0.2) is 27.9 Å². The highest BCUT2D eigenvalue weighted by molar-refractivity contribution is 9.10. The standard InChI is InChI=1S/C22H16BrN5O6S/c23-16-12-24-21(25-17(16)13-34-19-10-5-7-14-6-1-2-8-15(14)19)26-22(29)27-35(32,33)20-11-4-3-9-18(20)28(30)31/h1-12H,13H2,(H2,24,25,26,27,29). The van der Waals surface area contributed by atoms with Gasteiger partial charge in [0.15, 0.2) is 4.90 Å². The van der Waals surface area contributed by atoms with E-state index in [4.69, 9.17) is 4.74 Å². The molecule has 0 aliphatic heterocycles. The summed E-state index contributed by atoms with van der Waals surface area (Å²) in [6.45, 7) is 0.0297. The fraction of sp³-hybridized carbons (Fsp3) is 0.0455. The second-order valence-electron chi connectivity index (χ2n) is 7.04. The first-order chi connectivity index (χ1) is 16.7. The van der Waals surface area contributed by atoms with Gasteiger partial charge in [-0.3, -0.25) is 15.4 Å². The number of para-hydroxylation sites is 1. The fourth-order valence-electron chi connectivity index (χ4n) is 3.17. The maximum atomic E-state index is 12.5. The fourth-order valence-corrected chi connectivity index (χ4v) is 4.56. The summed E-state index contributed by atoms with van der Waals surface area (Å²) in [5.41, 5.74) is -0.273. The molecule has 0 radical (unpaired) electrons. The molecule has 11 nitrogen and oxygen atoms in total. The minimum absolute atomic E-state index is 0.0297. The van der Waals surface area contributed by atoms with Crippen molar-refractivity contribution in [2.24, 2.45) is 0 Å². The number of amides is 2. The summed E-state index contributed by atoms with van der Waals surface area (Å²) < 4.78 is 33.1. The number of carbonyl (C=O) groups is 1. The Morgan fingerprint density at radius 1 is 1.06 bits per heavy atom. The molecule has 2 N–H and O–H groups in total. The molecule has 2 amide bonds. The van der Waals surface area contributed by atoms with Gasteiger partial charge in [-0.05, 0) is 33.4 Å². The zero-order valence-corrected chi connectivity index (χ0v) is 20.1. The van der Waals surface area contributed by atoms with Crippen LogP contribution >= 0.6 is 15.9 Å². The molecule has 1 heterocycles. The van der Waals surface area contributed by atoms with Gasteiger partial charge in [-0.15, -0.1) is 0 Å². The summed E-state index contributed by atoms with van der Waals surface area (Å²) in [5.74, 6) is 0.441. The van der Waals surface area contributed by atoms with Crippen LogP contribution in [0.3, 0.4) is 0 Å². The summed E-state index contributed by atoms with van der Waals surface area (Å²) in [6, 6.07) is 16.8. The summed E-state index contributed by atoms with van der Waals surface area (Å²) in [7, 11) is -4.53. The Morgan fingerprint density at radius 3 is 2.57 bits per heavy atom.